The molecule has 0 aromatic heterocycles. The van der Waals surface area contributed by atoms with Gasteiger partial charge in [-0.3, -0.25) is 4.79 Å². The summed E-state index contributed by atoms with van der Waals surface area (Å²) in [6.07, 6.45) is 3.62. The molecule has 8 heteroatoms. The first-order chi connectivity index (χ1) is 14.9. The van der Waals surface area contributed by atoms with Crippen LogP contribution in [0.2, 0.25) is 0 Å². The van der Waals surface area contributed by atoms with Crippen molar-refractivity contribution in [3.05, 3.63) is 35.4 Å². The van der Waals surface area contributed by atoms with E-state index in [1.165, 1.54) is 16.0 Å². The number of hydrogen-bond donors (Lipinski definition) is 3. The highest BCUT2D eigenvalue weighted by atomic mass is 16.5. The van der Waals surface area contributed by atoms with Crippen molar-refractivity contribution in [1.29, 1.82) is 0 Å². The summed E-state index contributed by atoms with van der Waals surface area (Å²) in [5.74, 6) is -3.09. The lowest BCUT2D eigenvalue weighted by Gasteiger charge is -2.39. The minimum absolute atomic E-state index is 0.100. The largest absolute Gasteiger partial charge is 0.539 e. The molecule has 1 aromatic carbocycles. The average Bonchev–Trinajstić information content (AvgIpc) is 2.69. The van der Waals surface area contributed by atoms with Gasteiger partial charge in [-0.05, 0) is 51.0 Å². The van der Waals surface area contributed by atoms with E-state index in [-0.39, 0.29) is 17.4 Å². The smallest absolute Gasteiger partial charge is 0.351 e. The van der Waals surface area contributed by atoms with Crippen molar-refractivity contribution >= 4 is 17.8 Å². The number of carboxylic acids is 2. The Balaban J connectivity index is 0.000000751. The van der Waals surface area contributed by atoms with E-state index >= 15 is 0 Å². The van der Waals surface area contributed by atoms with Gasteiger partial charge in [0.1, 0.15) is 0 Å². The topological polar surface area (TPSA) is 120 Å². The van der Waals surface area contributed by atoms with E-state index in [9.17, 15) is 4.79 Å². The summed E-state index contributed by atoms with van der Waals surface area (Å²) in [6.45, 7) is 9.06. The van der Waals surface area contributed by atoms with Gasteiger partial charge in [0.25, 0.3) is 0 Å². The van der Waals surface area contributed by atoms with Crippen molar-refractivity contribution in [2.24, 2.45) is 5.92 Å². The third-order valence-electron chi connectivity index (χ3n) is 5.57. The van der Waals surface area contributed by atoms with Gasteiger partial charge in [-0.2, -0.15) is 0 Å². The summed E-state index contributed by atoms with van der Waals surface area (Å²) in [5, 5.41) is 19.4. The van der Waals surface area contributed by atoms with Crippen LogP contribution in [0, 0.1) is 12.8 Å². The summed E-state index contributed by atoms with van der Waals surface area (Å²) in [7, 11) is 4.28. The van der Waals surface area contributed by atoms with Crippen LogP contribution in [0.5, 0.6) is 0 Å². The van der Waals surface area contributed by atoms with Gasteiger partial charge >= 0.3 is 5.97 Å². The lowest BCUT2D eigenvalue weighted by molar-refractivity contribution is -0.858. The van der Waals surface area contributed by atoms with E-state index in [0.29, 0.717) is 12.3 Å². The van der Waals surface area contributed by atoms with E-state index in [4.69, 9.17) is 24.5 Å². The Kier molecular flexibility index (Phi) is 11.4. The highest BCUT2D eigenvalue weighted by molar-refractivity contribution is 6.26. The maximum Gasteiger partial charge on any atom is 0.351 e. The molecule has 1 fully saturated rings. The van der Waals surface area contributed by atoms with Crippen LogP contribution in [0.25, 0.3) is 0 Å². The summed E-state index contributed by atoms with van der Waals surface area (Å²) in [5.41, 5.74) is 2.44. The number of carboxylic acid groups (broad SMARTS) is 2. The van der Waals surface area contributed by atoms with Gasteiger partial charge in [0.15, 0.2) is 5.97 Å². The first-order valence-electron chi connectivity index (χ1n) is 11.1. The Morgan fingerprint density at radius 1 is 1.25 bits per heavy atom. The third-order valence-corrected chi connectivity index (χ3v) is 5.57. The molecule has 8 nitrogen and oxygen atoms in total. The predicted octanol–water partition coefficient (Wildman–Crippen LogP) is 0.146. The fourth-order valence-corrected chi connectivity index (χ4v) is 3.93. The van der Waals surface area contributed by atoms with Crippen molar-refractivity contribution in [3.8, 4) is 0 Å². The average molecular weight is 451 g/mol. The number of amides is 1. The van der Waals surface area contributed by atoms with Crippen molar-refractivity contribution < 1.29 is 34.2 Å². The first-order valence-corrected chi connectivity index (χ1v) is 11.1. The number of ether oxygens (including phenoxy) is 1. The fraction of sp³-hybridized carbons (Fsp3) is 0.625. The van der Waals surface area contributed by atoms with Gasteiger partial charge in [-0.1, -0.05) is 29.8 Å². The zero-order valence-electron chi connectivity index (χ0n) is 19.9. The molecule has 1 aliphatic rings. The molecule has 3 N–H and O–H groups in total. The Bertz CT molecular complexity index is 733. The molecule has 1 aliphatic heterocycles. The molecule has 32 heavy (non-hydrogen) atoms. The third kappa shape index (κ3) is 10.7. The zero-order chi connectivity index (χ0) is 24.3. The van der Waals surface area contributed by atoms with Crippen LogP contribution in [-0.4, -0.2) is 62.3 Å². The summed E-state index contributed by atoms with van der Waals surface area (Å²) >= 11 is 0. The molecule has 0 aliphatic carbocycles. The van der Waals surface area contributed by atoms with Gasteiger partial charge in [0, 0.05) is 26.0 Å². The number of rotatable bonds is 8. The number of quaternary nitrogens is 1. The van der Waals surface area contributed by atoms with Crippen LogP contribution in [0.15, 0.2) is 24.3 Å². The molecule has 1 saturated heterocycles. The number of hydrogen-bond acceptors (Lipinski definition) is 5. The van der Waals surface area contributed by atoms with Gasteiger partial charge in [0.2, 0.25) is 5.91 Å². The van der Waals surface area contributed by atoms with Gasteiger partial charge < -0.3 is 30.0 Å². The van der Waals surface area contributed by atoms with Crippen LogP contribution in [0.4, 0.5) is 0 Å². The Labute approximate surface area is 190 Å². The monoisotopic (exact) mass is 450 g/mol. The Hall–Kier alpha value is -2.45. The van der Waals surface area contributed by atoms with Crippen molar-refractivity contribution in [3.63, 3.8) is 0 Å². The summed E-state index contributed by atoms with van der Waals surface area (Å²) in [4.78, 5) is 32.0. The van der Waals surface area contributed by atoms with Gasteiger partial charge in [-0.15, -0.1) is 0 Å². The number of benzene rings is 1. The number of carbonyl (C=O) groups excluding carboxylic acids is 2. The second-order valence-corrected chi connectivity index (χ2v) is 9.34. The Morgan fingerprint density at radius 3 is 2.34 bits per heavy atom. The van der Waals surface area contributed by atoms with E-state index in [1.807, 2.05) is 0 Å². The predicted molar refractivity (Wildman–Crippen MR) is 119 cm³/mol. The van der Waals surface area contributed by atoms with E-state index in [0.717, 1.165) is 39.0 Å². The van der Waals surface area contributed by atoms with Gasteiger partial charge in [0.05, 0.1) is 26.2 Å². The maximum absolute atomic E-state index is 12.6. The van der Waals surface area contributed by atoms with Crippen LogP contribution in [0.3, 0.4) is 0 Å². The highest BCUT2D eigenvalue weighted by Gasteiger charge is 2.35. The molecule has 2 rings (SSSR count). The second-order valence-electron chi connectivity index (χ2n) is 9.34. The minimum Gasteiger partial charge on any atom is -0.539 e. The molecule has 2 atom stereocenters. The lowest BCUT2D eigenvalue weighted by atomic mass is 9.75. The minimum atomic E-state index is -2.07. The van der Waals surface area contributed by atoms with Crippen molar-refractivity contribution in [1.82, 2.24) is 5.32 Å². The van der Waals surface area contributed by atoms with E-state index in [1.54, 1.807) is 0 Å². The lowest BCUT2D eigenvalue weighted by Crippen LogP contribution is -3.05. The molecule has 0 saturated carbocycles. The molecule has 1 heterocycles. The van der Waals surface area contributed by atoms with Crippen molar-refractivity contribution in [2.45, 2.75) is 58.0 Å². The van der Waals surface area contributed by atoms with E-state index in [2.05, 4.69) is 64.4 Å². The molecule has 1 aromatic rings. The fourth-order valence-electron chi connectivity index (χ4n) is 3.93. The molecule has 1 amide bonds. The summed E-state index contributed by atoms with van der Waals surface area (Å²) in [6, 6.07) is 8.71. The molecule has 180 valence electrons. The van der Waals surface area contributed by atoms with Gasteiger partial charge in [-0.25, -0.2) is 4.79 Å². The van der Waals surface area contributed by atoms with Crippen LogP contribution < -0.4 is 15.3 Å². The zero-order valence-corrected chi connectivity index (χ0v) is 19.9. The number of carbonyl (C=O) groups is 3. The molecule has 0 spiro atoms. The number of aryl methyl sites for hydroxylation is 1. The molecule has 2 unspecified atom stereocenters. The number of nitrogens with one attached hydrogen (secondary N) is 2. The highest BCUT2D eigenvalue weighted by Crippen LogP contribution is 2.40. The quantitative estimate of drug-likeness (QED) is 0.383. The second kappa shape index (κ2) is 13.2. The normalized spacial score (nSPS) is 18.2. The standard InChI is InChI=1S/C22H36N2O2.C2H2O4/c1-17-7-9-18(10-8-17)20(19-11-14-26-22(2,3)16-19)15-21(25)23-12-6-13-24(4)5;3-1(4)2(5)6/h7-10,19-20H,6,11-16H2,1-5H3,(H,23,25);(H,3,4)(H,5,6). The van der Waals surface area contributed by atoms with E-state index < -0.39 is 11.9 Å². The van der Waals surface area contributed by atoms with Crippen molar-refractivity contribution in [2.75, 3.05) is 33.8 Å². The molecule has 0 radical (unpaired) electrons. The van der Waals surface area contributed by atoms with Crippen LogP contribution >= 0.6 is 0 Å². The maximum atomic E-state index is 12.6. The molecular formula is C24H38N2O6. The van der Waals surface area contributed by atoms with Crippen LogP contribution in [0.1, 0.15) is 56.6 Å². The first kappa shape index (κ1) is 27.6. The summed E-state index contributed by atoms with van der Waals surface area (Å²) < 4.78 is 5.90. The number of aliphatic carboxylic acids is 2. The van der Waals surface area contributed by atoms with Crippen LogP contribution in [-0.2, 0) is 19.1 Å². The SMILES string of the molecule is Cc1ccc(C(CC(=O)NCCC[NH+](C)C)C2CCOC(C)(C)C2)cc1.O=C([O-])C(=O)O. The Morgan fingerprint density at radius 2 is 1.84 bits per heavy atom. The molecule has 0 bridgehead atoms. The molecular weight excluding hydrogens is 412 g/mol.